The molecule has 0 aromatic rings. The average molecular weight is 285 g/mol. The molecule has 0 aliphatic carbocycles. The Morgan fingerprint density at radius 3 is 0.833 bits per heavy atom. The predicted octanol–water partition coefficient (Wildman–Crippen LogP) is -0.364. The van der Waals surface area contributed by atoms with Crippen molar-refractivity contribution in [2.75, 3.05) is 0 Å². The second kappa shape index (κ2) is 59.9. The third-order valence-electron chi connectivity index (χ3n) is 0. The van der Waals surface area contributed by atoms with Gasteiger partial charge in [-0.2, -0.15) is 0 Å². The van der Waals surface area contributed by atoms with Crippen molar-refractivity contribution in [2.24, 2.45) is 0 Å². The zero-order valence-corrected chi connectivity index (χ0v) is 9.36. The molecular weight excluding hydrogens is 285 g/mol. The standard InChI is InChI=1S/Ni.3O.2Y. The van der Waals surface area contributed by atoms with E-state index < -0.39 is 0 Å². The quantitative estimate of drug-likeness (QED) is 0.571. The second-order valence-electron chi connectivity index (χ2n) is 0. The summed E-state index contributed by atoms with van der Waals surface area (Å²) in [5.41, 5.74) is 0. The molecule has 6 heavy (non-hydrogen) atoms. The Labute approximate surface area is 83.7 Å². The van der Waals surface area contributed by atoms with Gasteiger partial charge in [-0.1, -0.05) is 0 Å². The molecule has 0 amide bonds. The molecule has 0 fully saturated rings. The van der Waals surface area contributed by atoms with Crippen LogP contribution in [0, 0.1) is 0 Å². The van der Waals surface area contributed by atoms with Gasteiger partial charge >= 0.3 is 85.4 Å². The first-order chi connectivity index (χ1) is 3.00. The number of hydrogen-bond acceptors (Lipinski definition) is 3. The van der Waals surface area contributed by atoms with E-state index in [2.05, 4.69) is 15.4 Å². The summed E-state index contributed by atoms with van der Waals surface area (Å²) in [6.07, 6.45) is 0. The molecule has 0 heterocycles. The molecule has 0 bridgehead atoms. The molecule has 34 valence electrons. The van der Waals surface area contributed by atoms with Crippen molar-refractivity contribution in [3.63, 3.8) is 0 Å². The molecule has 0 aliphatic heterocycles. The Morgan fingerprint density at radius 2 is 0.833 bits per heavy atom. The first-order valence-corrected chi connectivity index (χ1v) is 3.32. The van der Waals surface area contributed by atoms with Gasteiger partial charge < -0.3 is 0 Å². The van der Waals surface area contributed by atoms with E-state index in [1.165, 1.54) is 0 Å². The minimum absolute atomic E-state index is 0.100. The van der Waals surface area contributed by atoms with Crippen LogP contribution in [0.15, 0.2) is 0 Å². The molecule has 0 aromatic heterocycles. The Hall–Kier alpha value is 2.10. The van der Waals surface area contributed by atoms with Gasteiger partial charge in [-0.05, 0) is 0 Å². The van der Waals surface area contributed by atoms with Crippen LogP contribution in [-0.4, -0.2) is 0 Å². The Balaban J connectivity index is -0.0000000225. The first-order valence-electron chi connectivity index (χ1n) is 0.601. The van der Waals surface area contributed by atoms with Crippen molar-refractivity contribution < 1.29 is 85.4 Å². The van der Waals surface area contributed by atoms with E-state index in [-0.39, 0.29) is 62.0 Å². The summed E-state index contributed by atoms with van der Waals surface area (Å²) in [5.74, 6) is 0. The molecule has 0 aromatic carbocycles. The van der Waals surface area contributed by atoms with E-state index in [1.807, 2.05) is 0 Å². The van der Waals surface area contributed by atoms with Crippen LogP contribution in [0.1, 0.15) is 0 Å². The monoisotopic (exact) mass is 284 g/mol. The van der Waals surface area contributed by atoms with E-state index in [1.54, 1.807) is 0 Å². The van der Waals surface area contributed by atoms with Gasteiger partial charge in [-0.3, -0.25) is 0 Å². The maximum absolute atomic E-state index is 8.38. The molecule has 0 rings (SSSR count). The third kappa shape index (κ3) is 36.0. The average Bonchev–Trinajstić information content (AvgIpc) is 1.81. The summed E-state index contributed by atoms with van der Waals surface area (Å²) in [7, 11) is 0. The number of hydrogen-bond donors (Lipinski definition) is 0. The molecule has 0 unspecified atom stereocenters. The molecule has 3 nitrogen and oxygen atoms in total. The van der Waals surface area contributed by atoms with Gasteiger partial charge in [0.25, 0.3) is 0 Å². The molecule has 0 saturated carbocycles. The van der Waals surface area contributed by atoms with Crippen LogP contribution in [0.25, 0.3) is 0 Å². The summed E-state index contributed by atoms with van der Waals surface area (Å²) in [6, 6.07) is 0. The zero-order valence-electron chi connectivity index (χ0n) is 2.70. The van der Waals surface area contributed by atoms with E-state index in [0.717, 1.165) is 0 Å². The van der Waals surface area contributed by atoms with Crippen molar-refractivity contribution in [3.05, 3.63) is 0 Å². The fourth-order valence-electron chi connectivity index (χ4n) is 0. The zero-order chi connectivity index (χ0) is 6.00. The van der Waals surface area contributed by atoms with Gasteiger partial charge in [0.1, 0.15) is 0 Å². The van der Waals surface area contributed by atoms with Gasteiger partial charge in [0.05, 0.1) is 0 Å². The summed E-state index contributed by atoms with van der Waals surface area (Å²) in [6.45, 7) is 0. The Bertz CT molecular complexity index is 13.5. The first kappa shape index (κ1) is 15.7. The molecule has 0 spiro atoms. The fraction of sp³-hybridized carbons (Fsp3) is 0. The van der Waals surface area contributed by atoms with Crippen LogP contribution >= 0.6 is 0 Å². The Morgan fingerprint density at radius 1 is 0.833 bits per heavy atom. The van der Waals surface area contributed by atoms with E-state index in [0.29, 0.717) is 0 Å². The van der Waals surface area contributed by atoms with Gasteiger partial charge in [-0.15, -0.1) is 0 Å². The summed E-state index contributed by atoms with van der Waals surface area (Å²) in [5, 5.41) is 0. The van der Waals surface area contributed by atoms with E-state index in [9.17, 15) is 0 Å². The van der Waals surface area contributed by atoms with Crippen molar-refractivity contribution >= 4 is 0 Å². The molecular formula is NiO3Y2. The summed E-state index contributed by atoms with van der Waals surface area (Å²) in [4.78, 5) is 0. The maximum atomic E-state index is 8.38. The molecule has 0 radical (unpaired) electrons. The van der Waals surface area contributed by atoms with Crippen LogP contribution in [0.3, 0.4) is 0 Å². The molecule has 6 heteroatoms. The van der Waals surface area contributed by atoms with Gasteiger partial charge in [-0.25, -0.2) is 0 Å². The van der Waals surface area contributed by atoms with Crippen LogP contribution < -0.4 is 0 Å². The molecule has 0 saturated heterocycles. The van der Waals surface area contributed by atoms with Gasteiger partial charge in [0, 0.05) is 0 Å². The topological polar surface area (TPSA) is 51.2 Å². The molecule has 0 aliphatic rings. The fourth-order valence-corrected chi connectivity index (χ4v) is 0. The van der Waals surface area contributed by atoms with Crippen molar-refractivity contribution in [2.45, 2.75) is 0 Å². The van der Waals surface area contributed by atoms with E-state index >= 15 is 0 Å². The summed E-state index contributed by atoms with van der Waals surface area (Å²) < 4.78 is 24.6. The van der Waals surface area contributed by atoms with Crippen molar-refractivity contribution in [1.29, 1.82) is 0 Å². The van der Waals surface area contributed by atoms with Crippen molar-refractivity contribution in [1.82, 2.24) is 0 Å². The summed E-state index contributed by atoms with van der Waals surface area (Å²) >= 11 is 2.82. The number of rotatable bonds is 0. The van der Waals surface area contributed by atoms with Crippen LogP contribution in [0.4, 0.5) is 0 Å². The predicted molar refractivity (Wildman–Crippen MR) is 2.06 cm³/mol. The second-order valence-corrected chi connectivity index (χ2v) is 0. The van der Waals surface area contributed by atoms with Crippen LogP contribution in [0.5, 0.6) is 0 Å². The minimum atomic E-state index is 0.100. The van der Waals surface area contributed by atoms with E-state index in [4.69, 9.17) is 7.99 Å². The van der Waals surface area contributed by atoms with Gasteiger partial charge in [0.15, 0.2) is 0 Å². The van der Waals surface area contributed by atoms with Crippen LogP contribution in [0.2, 0.25) is 0 Å². The van der Waals surface area contributed by atoms with Gasteiger partial charge in [0.2, 0.25) is 0 Å². The third-order valence-corrected chi connectivity index (χ3v) is 0. The molecule has 0 N–H and O–H groups in total. The normalized spacial score (nSPS) is 3.00. The molecule has 0 atom stereocenters. The van der Waals surface area contributed by atoms with Crippen molar-refractivity contribution in [3.8, 4) is 0 Å². The Kier molecular flexibility index (Phi) is 157. The van der Waals surface area contributed by atoms with Crippen LogP contribution in [-0.2, 0) is 85.4 Å². The SMILES string of the molecule is [O]=[Ni].[O]=[Y].[O]=[Y].